The minimum Gasteiger partial charge on any atom is -0.443 e. The van der Waals surface area contributed by atoms with E-state index in [0.717, 1.165) is 5.56 Å². The van der Waals surface area contributed by atoms with Crippen LogP contribution in [0.5, 0.6) is 0 Å². The van der Waals surface area contributed by atoms with Crippen molar-refractivity contribution in [2.24, 2.45) is 0 Å². The van der Waals surface area contributed by atoms with E-state index in [1.165, 1.54) is 30.5 Å². The van der Waals surface area contributed by atoms with E-state index in [2.05, 4.69) is 14.9 Å². The Morgan fingerprint density at radius 3 is 2.60 bits per heavy atom. The van der Waals surface area contributed by atoms with Gasteiger partial charge < -0.3 is 4.42 Å². The molecule has 4 aromatic rings. The van der Waals surface area contributed by atoms with Gasteiger partial charge in [0.2, 0.25) is 5.09 Å². The second-order valence-corrected chi connectivity index (χ2v) is 10.7. The third kappa shape index (κ3) is 4.20. The molecule has 8 nitrogen and oxygen atoms in total. The quantitative estimate of drug-likeness (QED) is 0.429. The number of rotatable bonds is 7. The summed E-state index contributed by atoms with van der Waals surface area (Å²) in [5.41, 5.74) is 0.976. The summed E-state index contributed by atoms with van der Waals surface area (Å²) >= 11 is 6.00. The molecule has 0 atom stereocenters. The summed E-state index contributed by atoms with van der Waals surface area (Å²) < 4.78 is 59.2. The number of fused-ring (bicyclic) bond motifs is 1. The van der Waals surface area contributed by atoms with E-state index in [4.69, 9.17) is 16.0 Å². The first-order valence-corrected chi connectivity index (χ1v) is 12.3. The molecule has 0 aliphatic rings. The van der Waals surface area contributed by atoms with Gasteiger partial charge in [-0.05, 0) is 36.2 Å². The molecule has 0 amide bonds. The number of sulfone groups is 1. The lowest BCUT2D eigenvalue weighted by atomic mass is 10.3. The Bertz CT molecular complexity index is 1380. The van der Waals surface area contributed by atoms with Crippen molar-refractivity contribution in [3.8, 4) is 0 Å². The van der Waals surface area contributed by atoms with Gasteiger partial charge in [-0.3, -0.25) is 9.82 Å². The van der Waals surface area contributed by atoms with Crippen LogP contribution in [0.2, 0.25) is 5.02 Å². The highest BCUT2D eigenvalue weighted by Gasteiger charge is 2.25. The van der Waals surface area contributed by atoms with E-state index < -0.39 is 19.9 Å². The molecule has 30 heavy (non-hydrogen) atoms. The lowest BCUT2D eigenvalue weighted by Gasteiger charge is -2.12. The van der Waals surface area contributed by atoms with Crippen LogP contribution in [-0.2, 0) is 26.3 Å². The zero-order chi connectivity index (χ0) is 21.4. The number of H-pyrrole nitrogens is 1. The van der Waals surface area contributed by atoms with Crippen LogP contribution in [0.1, 0.15) is 5.56 Å². The topological polar surface area (TPSA) is 122 Å². The zero-order valence-electron chi connectivity index (χ0n) is 15.4. The van der Waals surface area contributed by atoms with Gasteiger partial charge in [-0.2, -0.15) is 13.5 Å². The average Bonchev–Trinajstić information content (AvgIpc) is 3.36. The molecule has 0 saturated heterocycles. The van der Waals surface area contributed by atoms with Crippen molar-refractivity contribution in [2.45, 2.75) is 16.4 Å². The van der Waals surface area contributed by atoms with Gasteiger partial charge in [0.25, 0.3) is 10.0 Å². The van der Waals surface area contributed by atoms with Crippen molar-refractivity contribution in [1.82, 2.24) is 10.2 Å². The monoisotopic (exact) mass is 465 g/mol. The zero-order valence-corrected chi connectivity index (χ0v) is 17.8. The van der Waals surface area contributed by atoms with Gasteiger partial charge in [0, 0.05) is 22.7 Å². The van der Waals surface area contributed by atoms with Crippen LogP contribution in [0.4, 0.5) is 5.69 Å². The molecule has 2 aromatic heterocycles. The molecule has 0 aliphatic heterocycles. The highest BCUT2D eigenvalue weighted by Crippen LogP contribution is 2.30. The molecule has 0 spiro atoms. The highest BCUT2D eigenvalue weighted by molar-refractivity contribution is 7.93. The summed E-state index contributed by atoms with van der Waals surface area (Å²) in [7, 11) is -8.01. The Labute approximate surface area is 177 Å². The summed E-state index contributed by atoms with van der Waals surface area (Å²) in [6.45, 7) is 0. The van der Waals surface area contributed by atoms with Crippen molar-refractivity contribution >= 4 is 48.1 Å². The predicted molar refractivity (Wildman–Crippen MR) is 113 cm³/mol. The van der Waals surface area contributed by atoms with Crippen LogP contribution in [0.15, 0.2) is 75.3 Å². The minimum absolute atomic E-state index is 0.143. The maximum absolute atomic E-state index is 12.9. The first-order valence-electron chi connectivity index (χ1n) is 8.76. The summed E-state index contributed by atoms with van der Waals surface area (Å²) in [5.74, 6) is -0.229. The Hall–Kier alpha value is -2.82. The number of hydrogen-bond donors (Lipinski definition) is 2. The van der Waals surface area contributed by atoms with Gasteiger partial charge in [0.15, 0.2) is 9.84 Å². The number of nitrogens with one attached hydrogen (secondary N) is 2. The number of sulfonamides is 1. The SMILES string of the molecule is O=S(=O)(CCc1cn[nH]c1)c1ccc(Cl)cc1NS(=O)(=O)c1cc2ccccc2o1. The molecular weight excluding hydrogens is 450 g/mol. The lowest BCUT2D eigenvalue weighted by molar-refractivity contribution is 0.484. The smallest absolute Gasteiger partial charge is 0.295 e. The van der Waals surface area contributed by atoms with Gasteiger partial charge in [0.05, 0.1) is 22.5 Å². The third-order valence-electron chi connectivity index (χ3n) is 4.40. The Morgan fingerprint density at radius 2 is 1.87 bits per heavy atom. The molecule has 156 valence electrons. The van der Waals surface area contributed by atoms with E-state index in [1.54, 1.807) is 30.5 Å². The molecule has 2 aromatic carbocycles. The standard InChI is InChI=1S/C19H16ClN3O5S2/c20-15-5-6-18(29(24,25)8-7-13-11-21-22-12-13)16(10-15)23-30(26,27)19-9-14-3-1-2-4-17(14)28-19/h1-6,9-12,23H,7-8H2,(H,21,22). The van der Waals surface area contributed by atoms with Crippen LogP contribution < -0.4 is 4.72 Å². The molecular formula is C19H16ClN3O5S2. The number of aryl methyl sites for hydroxylation is 1. The Morgan fingerprint density at radius 1 is 1.07 bits per heavy atom. The van der Waals surface area contributed by atoms with Crippen LogP contribution in [0.25, 0.3) is 11.0 Å². The molecule has 2 heterocycles. The number of benzene rings is 2. The maximum atomic E-state index is 12.9. The van der Waals surface area contributed by atoms with Gasteiger partial charge in [0.1, 0.15) is 5.58 Å². The van der Waals surface area contributed by atoms with Crippen molar-refractivity contribution < 1.29 is 21.3 Å². The molecule has 0 fully saturated rings. The average molecular weight is 466 g/mol. The highest BCUT2D eigenvalue weighted by atomic mass is 35.5. The number of anilines is 1. The fourth-order valence-corrected chi connectivity index (χ4v) is 5.64. The fourth-order valence-electron chi connectivity index (χ4n) is 2.91. The summed E-state index contributed by atoms with van der Waals surface area (Å²) in [4.78, 5) is -0.171. The first-order chi connectivity index (χ1) is 14.2. The fraction of sp³-hybridized carbons (Fsp3) is 0.105. The summed E-state index contributed by atoms with van der Waals surface area (Å²) in [6.07, 6.45) is 3.35. The third-order valence-corrected chi connectivity index (χ3v) is 7.63. The van der Waals surface area contributed by atoms with E-state index >= 15 is 0 Å². The van der Waals surface area contributed by atoms with Crippen LogP contribution >= 0.6 is 11.6 Å². The number of hydrogen-bond acceptors (Lipinski definition) is 6. The number of nitrogens with zero attached hydrogens (tertiary/aromatic N) is 1. The van der Waals surface area contributed by atoms with Gasteiger partial charge in [-0.15, -0.1) is 0 Å². The van der Waals surface area contributed by atoms with Crippen molar-refractivity contribution in [3.05, 3.63) is 71.5 Å². The molecule has 0 bridgehead atoms. The number of aromatic amines is 1. The minimum atomic E-state index is -4.19. The van der Waals surface area contributed by atoms with E-state index in [-0.39, 0.29) is 32.9 Å². The predicted octanol–water partition coefficient (Wildman–Crippen LogP) is 3.63. The number of furan rings is 1. The number of aromatic nitrogens is 2. The van der Waals surface area contributed by atoms with E-state index in [9.17, 15) is 16.8 Å². The molecule has 0 unspecified atom stereocenters. The molecule has 0 saturated carbocycles. The normalized spacial score (nSPS) is 12.3. The molecule has 2 N–H and O–H groups in total. The second kappa shape index (κ2) is 7.78. The van der Waals surface area contributed by atoms with Gasteiger partial charge in [-0.25, -0.2) is 8.42 Å². The van der Waals surface area contributed by atoms with Crippen molar-refractivity contribution in [2.75, 3.05) is 10.5 Å². The summed E-state index contributed by atoms with van der Waals surface area (Å²) in [5, 5.41) is 6.87. The molecule has 0 radical (unpaired) electrons. The Balaban J connectivity index is 1.67. The first kappa shape index (κ1) is 20.5. The summed E-state index contributed by atoms with van der Waals surface area (Å²) in [6, 6.07) is 12.1. The molecule has 11 heteroatoms. The van der Waals surface area contributed by atoms with Crippen LogP contribution in [0.3, 0.4) is 0 Å². The van der Waals surface area contributed by atoms with Gasteiger partial charge in [-0.1, -0.05) is 29.8 Å². The van der Waals surface area contributed by atoms with Gasteiger partial charge >= 0.3 is 0 Å². The van der Waals surface area contributed by atoms with Crippen molar-refractivity contribution in [1.29, 1.82) is 0 Å². The molecule has 4 rings (SSSR count). The second-order valence-electron chi connectivity index (χ2n) is 6.52. The lowest BCUT2D eigenvalue weighted by Crippen LogP contribution is -2.17. The molecule has 0 aliphatic carbocycles. The number of para-hydroxylation sites is 1. The largest absolute Gasteiger partial charge is 0.443 e. The number of halogens is 1. The van der Waals surface area contributed by atoms with E-state index in [1.807, 2.05) is 0 Å². The maximum Gasteiger partial charge on any atom is 0.295 e. The van der Waals surface area contributed by atoms with Crippen molar-refractivity contribution in [3.63, 3.8) is 0 Å². The van der Waals surface area contributed by atoms with Crippen LogP contribution in [-0.4, -0.2) is 32.8 Å². The van der Waals surface area contributed by atoms with Crippen LogP contribution in [0, 0.1) is 0 Å². The van der Waals surface area contributed by atoms with E-state index in [0.29, 0.717) is 11.0 Å². The Kier molecular flexibility index (Phi) is 5.31.